The predicted octanol–water partition coefficient (Wildman–Crippen LogP) is 5.12. The van der Waals surface area contributed by atoms with Gasteiger partial charge in [-0.3, -0.25) is 4.79 Å². The van der Waals surface area contributed by atoms with E-state index in [1.807, 2.05) is 30.3 Å². The molecule has 1 aromatic heterocycles. The number of nitrogens with zero attached hydrogens (tertiary/aromatic N) is 1. The number of ether oxygens (including phenoxy) is 1. The number of methoxy groups -OCH3 is 1. The molecule has 1 amide bonds. The van der Waals surface area contributed by atoms with Crippen LogP contribution in [-0.4, -0.2) is 31.3 Å². The monoisotopic (exact) mass is 475 g/mol. The molecule has 0 bridgehead atoms. The maximum Gasteiger partial charge on any atom is 0.220 e. The summed E-state index contributed by atoms with van der Waals surface area (Å²) in [5, 5.41) is 10.9. The number of para-hydroxylation sites is 1. The molecule has 0 radical (unpaired) electrons. The van der Waals surface area contributed by atoms with Crippen LogP contribution in [0.4, 0.5) is 0 Å². The summed E-state index contributed by atoms with van der Waals surface area (Å²) >= 11 is 0. The number of benzene rings is 2. The van der Waals surface area contributed by atoms with Crippen molar-refractivity contribution in [2.45, 2.75) is 52.0 Å². The highest BCUT2D eigenvalue weighted by atomic mass is 16.5. The molecule has 6 nitrogen and oxygen atoms in total. The largest absolute Gasteiger partial charge is 0.496 e. The number of amides is 1. The van der Waals surface area contributed by atoms with Gasteiger partial charge in [0.1, 0.15) is 5.75 Å². The van der Waals surface area contributed by atoms with Crippen molar-refractivity contribution in [3.8, 4) is 17.1 Å². The summed E-state index contributed by atoms with van der Waals surface area (Å²) in [6.07, 6.45) is 2.28. The SMILES string of the molecule is COc1ccccc1CNC(=O)C[C@@H]1CCNC[C@H]1Cc1cc(-c2ccc(C(C)(C)C)cc2)on1. The van der Waals surface area contributed by atoms with Crippen molar-refractivity contribution in [3.63, 3.8) is 0 Å². The Hall–Kier alpha value is -3.12. The third kappa shape index (κ3) is 6.51. The minimum atomic E-state index is 0.0765. The van der Waals surface area contributed by atoms with Gasteiger partial charge in [0.2, 0.25) is 5.91 Å². The van der Waals surface area contributed by atoms with Crippen LogP contribution >= 0.6 is 0 Å². The second-order valence-electron chi connectivity index (χ2n) is 10.5. The minimum Gasteiger partial charge on any atom is -0.496 e. The number of nitrogens with one attached hydrogen (secondary N) is 2. The van der Waals surface area contributed by atoms with Crippen molar-refractivity contribution in [2.24, 2.45) is 11.8 Å². The Kier molecular flexibility index (Phi) is 7.91. The molecule has 3 aromatic rings. The maximum absolute atomic E-state index is 12.8. The Morgan fingerprint density at radius 2 is 1.91 bits per heavy atom. The molecule has 1 saturated heterocycles. The number of aromatic nitrogens is 1. The van der Waals surface area contributed by atoms with Crippen molar-refractivity contribution in [1.29, 1.82) is 0 Å². The topological polar surface area (TPSA) is 76.4 Å². The number of piperidine rings is 1. The van der Waals surface area contributed by atoms with Crippen LogP contribution in [0.5, 0.6) is 5.75 Å². The van der Waals surface area contributed by atoms with Crippen molar-refractivity contribution in [3.05, 3.63) is 71.4 Å². The van der Waals surface area contributed by atoms with E-state index in [0.29, 0.717) is 24.8 Å². The highest BCUT2D eigenvalue weighted by molar-refractivity contribution is 5.76. The lowest BCUT2D eigenvalue weighted by atomic mass is 9.81. The van der Waals surface area contributed by atoms with E-state index in [-0.39, 0.29) is 11.3 Å². The van der Waals surface area contributed by atoms with Crippen LogP contribution in [0, 0.1) is 11.8 Å². The first-order chi connectivity index (χ1) is 16.8. The highest BCUT2D eigenvalue weighted by Gasteiger charge is 2.28. The second-order valence-corrected chi connectivity index (χ2v) is 10.5. The molecule has 0 aliphatic carbocycles. The van der Waals surface area contributed by atoms with Gasteiger partial charge in [-0.1, -0.05) is 68.4 Å². The van der Waals surface area contributed by atoms with Gasteiger partial charge in [-0.15, -0.1) is 0 Å². The number of carbonyl (C=O) groups excluding carboxylic acids is 1. The molecular weight excluding hydrogens is 438 g/mol. The summed E-state index contributed by atoms with van der Waals surface area (Å²) in [6, 6.07) is 18.3. The van der Waals surface area contributed by atoms with Crippen LogP contribution in [0.2, 0.25) is 0 Å². The molecule has 1 aliphatic rings. The standard InChI is InChI=1S/C29H37N3O3/c1-29(2,3)24-11-9-20(10-12-24)27-17-25(32-35-27)15-23-18-30-14-13-21(23)16-28(33)31-19-22-7-5-6-8-26(22)34-4/h5-12,17,21,23,30H,13-16,18-19H2,1-4H3,(H,31,33)/t21-,23+/m0/s1. The van der Waals surface area contributed by atoms with Crippen LogP contribution < -0.4 is 15.4 Å². The van der Waals surface area contributed by atoms with Crippen LogP contribution in [0.25, 0.3) is 11.3 Å². The first-order valence-electron chi connectivity index (χ1n) is 12.5. The van der Waals surface area contributed by atoms with E-state index >= 15 is 0 Å². The van der Waals surface area contributed by atoms with Gasteiger partial charge in [0.25, 0.3) is 0 Å². The lowest BCUT2D eigenvalue weighted by Gasteiger charge is -2.31. The van der Waals surface area contributed by atoms with Gasteiger partial charge in [-0.05, 0) is 54.8 Å². The molecule has 0 spiro atoms. The highest BCUT2D eigenvalue weighted by Crippen LogP contribution is 2.29. The van der Waals surface area contributed by atoms with E-state index in [4.69, 9.17) is 9.26 Å². The number of hydrogen-bond donors (Lipinski definition) is 2. The molecule has 0 saturated carbocycles. The average Bonchev–Trinajstić information content (AvgIpc) is 3.32. The lowest BCUT2D eigenvalue weighted by Crippen LogP contribution is -2.40. The van der Waals surface area contributed by atoms with Gasteiger partial charge in [0, 0.05) is 30.2 Å². The summed E-state index contributed by atoms with van der Waals surface area (Å²) in [5.41, 5.74) is 4.36. The third-order valence-corrected chi connectivity index (χ3v) is 6.95. The zero-order chi connectivity index (χ0) is 24.8. The third-order valence-electron chi connectivity index (χ3n) is 6.95. The van der Waals surface area contributed by atoms with Crippen LogP contribution in [-0.2, 0) is 23.2 Å². The van der Waals surface area contributed by atoms with Gasteiger partial charge in [-0.25, -0.2) is 0 Å². The zero-order valence-electron chi connectivity index (χ0n) is 21.3. The number of hydrogen-bond acceptors (Lipinski definition) is 5. The fraction of sp³-hybridized carbons (Fsp3) is 0.448. The Labute approximate surface area is 208 Å². The Morgan fingerprint density at radius 3 is 2.66 bits per heavy atom. The molecule has 1 aliphatic heterocycles. The van der Waals surface area contributed by atoms with Crippen LogP contribution in [0.1, 0.15) is 50.4 Å². The zero-order valence-corrected chi connectivity index (χ0v) is 21.3. The van der Waals surface area contributed by atoms with E-state index < -0.39 is 0 Å². The smallest absolute Gasteiger partial charge is 0.220 e. The minimum absolute atomic E-state index is 0.0765. The van der Waals surface area contributed by atoms with Gasteiger partial charge >= 0.3 is 0 Å². The summed E-state index contributed by atoms with van der Waals surface area (Å²) < 4.78 is 11.1. The summed E-state index contributed by atoms with van der Waals surface area (Å²) in [7, 11) is 1.65. The summed E-state index contributed by atoms with van der Waals surface area (Å²) in [4.78, 5) is 12.8. The molecule has 2 atom stereocenters. The van der Waals surface area contributed by atoms with E-state index in [1.165, 1.54) is 5.56 Å². The molecule has 35 heavy (non-hydrogen) atoms. The first-order valence-corrected chi connectivity index (χ1v) is 12.5. The molecule has 2 aromatic carbocycles. The van der Waals surface area contributed by atoms with Crippen molar-refractivity contribution < 1.29 is 14.1 Å². The second kappa shape index (κ2) is 11.1. The van der Waals surface area contributed by atoms with Gasteiger partial charge in [0.05, 0.1) is 12.8 Å². The van der Waals surface area contributed by atoms with Gasteiger partial charge in [0.15, 0.2) is 5.76 Å². The Bertz CT molecular complexity index is 1110. The molecule has 2 N–H and O–H groups in total. The van der Waals surface area contributed by atoms with Crippen molar-refractivity contribution in [2.75, 3.05) is 20.2 Å². The number of rotatable bonds is 8. The van der Waals surface area contributed by atoms with Crippen LogP contribution in [0.15, 0.2) is 59.1 Å². The van der Waals surface area contributed by atoms with Crippen molar-refractivity contribution >= 4 is 5.91 Å². The Morgan fingerprint density at radius 1 is 1.14 bits per heavy atom. The molecule has 4 rings (SSSR count). The Balaban J connectivity index is 1.35. The normalized spacial score (nSPS) is 18.3. The van der Waals surface area contributed by atoms with E-state index in [2.05, 4.69) is 60.8 Å². The molecule has 0 unspecified atom stereocenters. The van der Waals surface area contributed by atoms with Crippen LogP contribution in [0.3, 0.4) is 0 Å². The molecular formula is C29H37N3O3. The molecule has 186 valence electrons. The molecule has 2 heterocycles. The average molecular weight is 476 g/mol. The lowest BCUT2D eigenvalue weighted by molar-refractivity contribution is -0.122. The molecule has 6 heteroatoms. The van der Waals surface area contributed by atoms with E-state index in [1.54, 1.807) is 7.11 Å². The number of carbonyl (C=O) groups is 1. The van der Waals surface area contributed by atoms with E-state index in [0.717, 1.165) is 54.3 Å². The fourth-order valence-corrected chi connectivity index (χ4v) is 4.79. The maximum atomic E-state index is 12.8. The van der Waals surface area contributed by atoms with Gasteiger partial charge in [-0.2, -0.15) is 0 Å². The van der Waals surface area contributed by atoms with E-state index in [9.17, 15) is 4.79 Å². The summed E-state index contributed by atoms with van der Waals surface area (Å²) in [5.74, 6) is 2.30. The van der Waals surface area contributed by atoms with Gasteiger partial charge < -0.3 is 19.9 Å². The predicted molar refractivity (Wildman–Crippen MR) is 138 cm³/mol. The first kappa shape index (κ1) is 25.0. The van der Waals surface area contributed by atoms with Crippen molar-refractivity contribution in [1.82, 2.24) is 15.8 Å². The fourth-order valence-electron chi connectivity index (χ4n) is 4.79. The molecule has 1 fully saturated rings. The summed E-state index contributed by atoms with van der Waals surface area (Å²) in [6.45, 7) is 8.92. The quantitative estimate of drug-likeness (QED) is 0.473.